The Balaban J connectivity index is 1.97. The zero-order valence-corrected chi connectivity index (χ0v) is 12.4. The molecule has 1 unspecified atom stereocenters. The quantitative estimate of drug-likeness (QED) is 0.836. The predicted molar refractivity (Wildman–Crippen MR) is 76.8 cm³/mol. The van der Waals surface area contributed by atoms with E-state index in [4.69, 9.17) is 15.2 Å². The number of hydrogen-bond donors (Lipinski definition) is 2. The molecule has 0 saturated carbocycles. The van der Waals surface area contributed by atoms with Crippen LogP contribution in [0.5, 0.6) is 5.75 Å². The van der Waals surface area contributed by atoms with Crippen LogP contribution >= 0.6 is 0 Å². The predicted octanol–water partition coefficient (Wildman–Crippen LogP) is 0.664. The fraction of sp³-hybridized carbons (Fsp3) is 0.467. The van der Waals surface area contributed by atoms with E-state index in [0.717, 1.165) is 5.56 Å². The lowest BCUT2D eigenvalue weighted by atomic mass is 9.91. The molecule has 2 rings (SSSR count). The fourth-order valence-corrected chi connectivity index (χ4v) is 2.32. The summed E-state index contributed by atoms with van der Waals surface area (Å²) in [7, 11) is 0. The number of hydrogen-bond acceptors (Lipinski definition) is 4. The molecule has 1 saturated heterocycles. The molecular weight excluding hydrogens is 291 g/mol. The molecule has 3 N–H and O–H groups in total. The molecule has 1 aliphatic heterocycles. The number of amides is 2. The highest BCUT2D eigenvalue weighted by molar-refractivity contribution is 5.91. The molecule has 0 aromatic heterocycles. The van der Waals surface area contributed by atoms with Gasteiger partial charge in [-0.3, -0.25) is 9.59 Å². The van der Waals surface area contributed by atoms with E-state index < -0.39 is 29.8 Å². The van der Waals surface area contributed by atoms with Crippen LogP contribution in [0.1, 0.15) is 18.4 Å². The van der Waals surface area contributed by atoms with Crippen LogP contribution < -0.4 is 15.8 Å². The molecule has 1 fully saturated rings. The van der Waals surface area contributed by atoms with E-state index in [2.05, 4.69) is 5.32 Å². The molecule has 120 valence electrons. The number of ether oxygens (including phenoxy) is 2. The maximum atomic E-state index is 13.5. The molecule has 1 atom stereocenters. The molecular formula is C15H19FN2O4. The van der Waals surface area contributed by atoms with Gasteiger partial charge in [0.25, 0.3) is 5.91 Å². The van der Waals surface area contributed by atoms with Crippen molar-refractivity contribution in [1.82, 2.24) is 5.32 Å². The molecule has 1 aromatic carbocycles. The summed E-state index contributed by atoms with van der Waals surface area (Å²) >= 11 is 0. The van der Waals surface area contributed by atoms with Gasteiger partial charge in [0.1, 0.15) is 5.54 Å². The average Bonchev–Trinajstić information content (AvgIpc) is 2.49. The van der Waals surface area contributed by atoms with Crippen molar-refractivity contribution in [2.24, 2.45) is 5.73 Å². The van der Waals surface area contributed by atoms with Gasteiger partial charge < -0.3 is 20.5 Å². The van der Waals surface area contributed by atoms with Crippen LogP contribution in [0.2, 0.25) is 0 Å². The largest absolute Gasteiger partial charge is 0.481 e. The number of aryl methyl sites for hydroxylation is 1. The Bertz CT molecular complexity index is 571. The fourth-order valence-electron chi connectivity index (χ4n) is 2.32. The lowest BCUT2D eigenvalue weighted by Crippen LogP contribution is -2.62. The summed E-state index contributed by atoms with van der Waals surface area (Å²) in [5.41, 5.74) is 4.96. The van der Waals surface area contributed by atoms with Gasteiger partial charge >= 0.3 is 0 Å². The van der Waals surface area contributed by atoms with E-state index in [0.29, 0.717) is 19.4 Å². The maximum absolute atomic E-state index is 13.5. The zero-order valence-electron chi connectivity index (χ0n) is 12.4. The van der Waals surface area contributed by atoms with Crippen molar-refractivity contribution in [2.45, 2.75) is 25.3 Å². The van der Waals surface area contributed by atoms with Crippen LogP contribution in [0, 0.1) is 12.7 Å². The van der Waals surface area contributed by atoms with Gasteiger partial charge in [-0.05, 0) is 37.5 Å². The number of halogens is 1. The molecule has 0 bridgehead atoms. The van der Waals surface area contributed by atoms with Gasteiger partial charge in [-0.15, -0.1) is 0 Å². The van der Waals surface area contributed by atoms with E-state index >= 15 is 0 Å². The van der Waals surface area contributed by atoms with Gasteiger partial charge in [-0.25, -0.2) is 4.39 Å². The third-order valence-corrected chi connectivity index (χ3v) is 3.54. The topological polar surface area (TPSA) is 90.6 Å². The first-order chi connectivity index (χ1) is 10.4. The summed E-state index contributed by atoms with van der Waals surface area (Å²) < 4.78 is 23.9. The molecule has 6 nitrogen and oxygen atoms in total. The first-order valence-electron chi connectivity index (χ1n) is 7.00. The highest BCUT2D eigenvalue weighted by Gasteiger charge is 2.40. The van der Waals surface area contributed by atoms with Crippen LogP contribution in [-0.2, 0) is 14.3 Å². The van der Waals surface area contributed by atoms with Gasteiger partial charge in [0.05, 0.1) is 6.61 Å². The van der Waals surface area contributed by atoms with Crippen LogP contribution in [0.4, 0.5) is 4.39 Å². The summed E-state index contributed by atoms with van der Waals surface area (Å²) in [5, 5.41) is 2.55. The molecule has 0 radical (unpaired) electrons. The number of rotatable bonds is 5. The lowest BCUT2D eigenvalue weighted by Gasteiger charge is -2.34. The van der Waals surface area contributed by atoms with Crippen LogP contribution in [0.25, 0.3) is 0 Å². The molecule has 2 amide bonds. The number of nitrogens with two attached hydrogens (primary N) is 1. The molecule has 1 aliphatic rings. The van der Waals surface area contributed by atoms with Crippen LogP contribution in [-0.4, -0.2) is 37.2 Å². The molecule has 7 heteroatoms. The minimum absolute atomic E-state index is 0.0110. The monoisotopic (exact) mass is 310 g/mol. The second kappa shape index (κ2) is 6.74. The minimum Gasteiger partial charge on any atom is -0.481 e. The zero-order chi connectivity index (χ0) is 16.2. The van der Waals surface area contributed by atoms with E-state index in [1.165, 1.54) is 12.1 Å². The van der Waals surface area contributed by atoms with Crippen molar-refractivity contribution >= 4 is 11.8 Å². The summed E-state index contributed by atoms with van der Waals surface area (Å²) in [4.78, 5) is 23.6. The second-order valence-electron chi connectivity index (χ2n) is 5.37. The smallest absolute Gasteiger partial charge is 0.258 e. The van der Waals surface area contributed by atoms with Crippen LogP contribution in [0.15, 0.2) is 18.2 Å². The highest BCUT2D eigenvalue weighted by atomic mass is 19.1. The first kappa shape index (κ1) is 16.2. The van der Waals surface area contributed by atoms with Crippen LogP contribution in [0.3, 0.4) is 0 Å². The summed E-state index contributed by atoms with van der Waals surface area (Å²) in [6.07, 6.45) is 1.03. The minimum atomic E-state index is -1.22. The Kier molecular flexibility index (Phi) is 4.97. The lowest BCUT2D eigenvalue weighted by molar-refractivity contribution is -0.138. The molecule has 22 heavy (non-hydrogen) atoms. The Morgan fingerprint density at radius 1 is 1.50 bits per heavy atom. The van der Waals surface area contributed by atoms with Crippen molar-refractivity contribution in [2.75, 3.05) is 19.8 Å². The summed E-state index contributed by atoms with van der Waals surface area (Å²) in [6.45, 7) is 1.94. The van der Waals surface area contributed by atoms with Crippen molar-refractivity contribution in [1.29, 1.82) is 0 Å². The van der Waals surface area contributed by atoms with Crippen molar-refractivity contribution < 1.29 is 23.5 Å². The van der Waals surface area contributed by atoms with Gasteiger partial charge in [0.2, 0.25) is 5.91 Å². The van der Waals surface area contributed by atoms with Gasteiger partial charge in [-0.1, -0.05) is 6.07 Å². The van der Waals surface area contributed by atoms with E-state index in [-0.39, 0.29) is 12.4 Å². The first-order valence-corrected chi connectivity index (χ1v) is 7.00. The number of benzene rings is 1. The van der Waals surface area contributed by atoms with E-state index in [9.17, 15) is 14.0 Å². The van der Waals surface area contributed by atoms with Crippen molar-refractivity contribution in [3.05, 3.63) is 29.6 Å². The molecule has 0 spiro atoms. The second-order valence-corrected chi connectivity index (χ2v) is 5.37. The number of nitrogens with one attached hydrogen (secondary N) is 1. The third-order valence-electron chi connectivity index (χ3n) is 3.54. The van der Waals surface area contributed by atoms with Gasteiger partial charge in [0, 0.05) is 6.61 Å². The Morgan fingerprint density at radius 2 is 2.27 bits per heavy atom. The number of primary amides is 1. The standard InChI is InChI=1S/C15H19FN2O4/c1-10-3-4-11(16)12(7-10)22-8-13(19)18-15(14(17)20)5-2-6-21-9-15/h3-4,7H,2,5-6,8-9H2,1H3,(H2,17,20)(H,18,19). The SMILES string of the molecule is Cc1ccc(F)c(OCC(=O)NC2(C(N)=O)CCCOC2)c1. The average molecular weight is 310 g/mol. The summed E-state index contributed by atoms with van der Waals surface area (Å²) in [6, 6.07) is 4.36. The van der Waals surface area contributed by atoms with Crippen molar-refractivity contribution in [3.8, 4) is 5.75 Å². The summed E-state index contributed by atoms with van der Waals surface area (Å²) in [5.74, 6) is -1.76. The number of carbonyl (C=O) groups excluding carboxylic acids is 2. The Hall–Kier alpha value is -2.15. The number of carbonyl (C=O) groups is 2. The molecule has 1 aromatic rings. The van der Waals surface area contributed by atoms with E-state index in [1.807, 2.05) is 0 Å². The van der Waals surface area contributed by atoms with Gasteiger partial charge in [0.15, 0.2) is 18.2 Å². The highest BCUT2D eigenvalue weighted by Crippen LogP contribution is 2.20. The third kappa shape index (κ3) is 3.73. The Morgan fingerprint density at radius 3 is 2.91 bits per heavy atom. The Labute approximate surface area is 127 Å². The molecule has 0 aliphatic carbocycles. The van der Waals surface area contributed by atoms with Gasteiger partial charge in [-0.2, -0.15) is 0 Å². The van der Waals surface area contributed by atoms with E-state index in [1.54, 1.807) is 13.0 Å². The normalized spacial score (nSPS) is 21.2. The molecule has 1 heterocycles. The van der Waals surface area contributed by atoms with Crippen molar-refractivity contribution in [3.63, 3.8) is 0 Å². The maximum Gasteiger partial charge on any atom is 0.258 e.